The first kappa shape index (κ1) is 9.44. The molecule has 1 N–H and O–H groups in total. The van der Waals surface area contributed by atoms with Crippen molar-refractivity contribution in [1.82, 2.24) is 4.90 Å². The molecule has 0 spiro atoms. The Kier molecular flexibility index (Phi) is 2.86. The minimum Gasteiger partial charge on any atom is -0.387 e. The molecule has 0 aromatic carbocycles. The number of aliphatic hydroxyl groups is 1. The molecular formula is C10H19NO2. The first-order valence-corrected chi connectivity index (χ1v) is 5.31. The van der Waals surface area contributed by atoms with Gasteiger partial charge in [0.2, 0.25) is 0 Å². The Bertz CT molecular complexity index is 162. The molecule has 0 aliphatic carbocycles. The highest BCUT2D eigenvalue weighted by Crippen LogP contribution is 2.23. The topological polar surface area (TPSA) is 32.7 Å². The monoisotopic (exact) mass is 185 g/mol. The molecule has 1 atom stereocenters. The van der Waals surface area contributed by atoms with E-state index in [-0.39, 0.29) is 0 Å². The van der Waals surface area contributed by atoms with Gasteiger partial charge in [0.05, 0.1) is 12.2 Å². The maximum atomic E-state index is 10.1. The van der Waals surface area contributed by atoms with Crippen molar-refractivity contribution in [2.45, 2.75) is 31.3 Å². The van der Waals surface area contributed by atoms with Crippen molar-refractivity contribution in [3.05, 3.63) is 0 Å². The van der Waals surface area contributed by atoms with Crippen molar-refractivity contribution < 1.29 is 9.84 Å². The SMILES string of the molecule is OC1(CCN2CCC2)CCCOC1. The normalized spacial score (nSPS) is 35.8. The Morgan fingerprint density at radius 3 is 2.69 bits per heavy atom. The van der Waals surface area contributed by atoms with Crippen LogP contribution in [-0.2, 0) is 4.74 Å². The summed E-state index contributed by atoms with van der Waals surface area (Å²) in [7, 11) is 0. The minimum absolute atomic E-state index is 0.520. The van der Waals surface area contributed by atoms with Crippen LogP contribution in [0.15, 0.2) is 0 Å². The molecule has 3 nitrogen and oxygen atoms in total. The molecule has 2 fully saturated rings. The van der Waals surface area contributed by atoms with Crippen LogP contribution in [0, 0.1) is 0 Å². The summed E-state index contributed by atoms with van der Waals surface area (Å²) in [5, 5.41) is 10.1. The van der Waals surface area contributed by atoms with Gasteiger partial charge in [-0.3, -0.25) is 0 Å². The van der Waals surface area contributed by atoms with Gasteiger partial charge in [-0.05, 0) is 38.8 Å². The van der Waals surface area contributed by atoms with Crippen LogP contribution in [0.1, 0.15) is 25.7 Å². The second-order valence-corrected chi connectivity index (χ2v) is 4.33. The molecular weight excluding hydrogens is 166 g/mol. The third-order valence-electron chi connectivity index (χ3n) is 3.14. The van der Waals surface area contributed by atoms with Gasteiger partial charge in [0.15, 0.2) is 0 Å². The van der Waals surface area contributed by atoms with Gasteiger partial charge in [-0.25, -0.2) is 0 Å². The maximum Gasteiger partial charge on any atom is 0.0893 e. The number of nitrogens with zero attached hydrogens (tertiary/aromatic N) is 1. The first-order chi connectivity index (χ1) is 6.29. The highest BCUT2D eigenvalue weighted by Gasteiger charge is 2.30. The maximum absolute atomic E-state index is 10.1. The van der Waals surface area contributed by atoms with Gasteiger partial charge in [-0.15, -0.1) is 0 Å². The molecule has 0 bridgehead atoms. The fourth-order valence-electron chi connectivity index (χ4n) is 2.01. The van der Waals surface area contributed by atoms with Gasteiger partial charge in [-0.1, -0.05) is 0 Å². The van der Waals surface area contributed by atoms with Crippen LogP contribution in [0.5, 0.6) is 0 Å². The molecule has 0 aromatic rings. The Morgan fingerprint density at radius 1 is 1.31 bits per heavy atom. The zero-order valence-electron chi connectivity index (χ0n) is 8.17. The second kappa shape index (κ2) is 3.95. The summed E-state index contributed by atoms with van der Waals surface area (Å²) in [6.07, 6.45) is 4.14. The van der Waals surface area contributed by atoms with Crippen LogP contribution in [0.25, 0.3) is 0 Å². The third kappa shape index (κ3) is 2.42. The average Bonchev–Trinajstić information content (AvgIpc) is 2.02. The fraction of sp³-hybridized carbons (Fsp3) is 1.00. The molecule has 2 heterocycles. The number of likely N-dealkylation sites (tertiary alicyclic amines) is 1. The molecule has 1 unspecified atom stereocenters. The third-order valence-corrected chi connectivity index (χ3v) is 3.14. The Labute approximate surface area is 79.7 Å². The van der Waals surface area contributed by atoms with Gasteiger partial charge >= 0.3 is 0 Å². The van der Waals surface area contributed by atoms with E-state index in [0.29, 0.717) is 6.61 Å². The predicted molar refractivity (Wildman–Crippen MR) is 50.7 cm³/mol. The zero-order chi connectivity index (χ0) is 9.15. The summed E-state index contributed by atoms with van der Waals surface area (Å²) in [6.45, 7) is 4.85. The van der Waals surface area contributed by atoms with E-state index in [0.717, 1.165) is 32.4 Å². The molecule has 2 saturated heterocycles. The fourth-order valence-corrected chi connectivity index (χ4v) is 2.01. The van der Waals surface area contributed by atoms with Crippen LogP contribution < -0.4 is 0 Å². The quantitative estimate of drug-likeness (QED) is 0.700. The van der Waals surface area contributed by atoms with Crippen molar-refractivity contribution >= 4 is 0 Å². The molecule has 2 rings (SSSR count). The van der Waals surface area contributed by atoms with E-state index in [2.05, 4.69) is 4.90 Å². The average molecular weight is 185 g/mol. The number of hydrogen-bond donors (Lipinski definition) is 1. The molecule has 13 heavy (non-hydrogen) atoms. The summed E-state index contributed by atoms with van der Waals surface area (Å²) in [5.41, 5.74) is -0.520. The van der Waals surface area contributed by atoms with E-state index in [1.54, 1.807) is 0 Å². The van der Waals surface area contributed by atoms with Crippen LogP contribution >= 0.6 is 0 Å². The van der Waals surface area contributed by atoms with Crippen molar-refractivity contribution in [1.29, 1.82) is 0 Å². The predicted octanol–water partition coefficient (Wildman–Crippen LogP) is 0.624. The van der Waals surface area contributed by atoms with E-state index in [1.165, 1.54) is 19.5 Å². The Balaban J connectivity index is 1.71. The number of hydrogen-bond acceptors (Lipinski definition) is 3. The van der Waals surface area contributed by atoms with Crippen molar-refractivity contribution in [3.63, 3.8) is 0 Å². The highest BCUT2D eigenvalue weighted by atomic mass is 16.5. The van der Waals surface area contributed by atoms with Crippen LogP contribution in [0.4, 0.5) is 0 Å². The zero-order valence-corrected chi connectivity index (χ0v) is 8.17. The van der Waals surface area contributed by atoms with Gasteiger partial charge < -0.3 is 14.7 Å². The lowest BCUT2D eigenvalue weighted by Gasteiger charge is -2.37. The molecule has 0 amide bonds. The van der Waals surface area contributed by atoms with E-state index >= 15 is 0 Å². The van der Waals surface area contributed by atoms with Gasteiger partial charge in [0.1, 0.15) is 0 Å². The Morgan fingerprint density at radius 2 is 2.15 bits per heavy atom. The lowest BCUT2D eigenvalue weighted by atomic mass is 9.92. The van der Waals surface area contributed by atoms with Crippen molar-refractivity contribution in [3.8, 4) is 0 Å². The molecule has 0 radical (unpaired) electrons. The summed E-state index contributed by atoms with van der Waals surface area (Å²) in [5.74, 6) is 0. The van der Waals surface area contributed by atoms with E-state index < -0.39 is 5.60 Å². The van der Waals surface area contributed by atoms with Gasteiger partial charge in [-0.2, -0.15) is 0 Å². The van der Waals surface area contributed by atoms with E-state index in [9.17, 15) is 5.11 Å². The summed E-state index contributed by atoms with van der Waals surface area (Å²) in [4.78, 5) is 2.40. The standard InChI is InChI=1S/C10H19NO2/c12-10(3-1-8-13-9-10)4-7-11-5-2-6-11/h12H,1-9H2. The second-order valence-electron chi connectivity index (χ2n) is 4.33. The van der Waals surface area contributed by atoms with Crippen LogP contribution in [0.3, 0.4) is 0 Å². The lowest BCUT2D eigenvalue weighted by molar-refractivity contribution is -0.0944. The summed E-state index contributed by atoms with van der Waals surface area (Å²) in [6, 6.07) is 0. The molecule has 3 heteroatoms. The molecule has 0 saturated carbocycles. The molecule has 76 valence electrons. The van der Waals surface area contributed by atoms with E-state index in [1.807, 2.05) is 0 Å². The largest absolute Gasteiger partial charge is 0.387 e. The van der Waals surface area contributed by atoms with E-state index in [4.69, 9.17) is 4.74 Å². The van der Waals surface area contributed by atoms with Gasteiger partial charge in [0, 0.05) is 13.2 Å². The lowest BCUT2D eigenvalue weighted by Crippen LogP contribution is -2.45. The molecule has 2 aliphatic heterocycles. The van der Waals surface area contributed by atoms with Crippen molar-refractivity contribution in [2.75, 3.05) is 32.8 Å². The molecule has 2 aliphatic rings. The first-order valence-electron chi connectivity index (χ1n) is 5.31. The number of rotatable bonds is 3. The van der Waals surface area contributed by atoms with Crippen LogP contribution in [-0.4, -0.2) is 48.5 Å². The highest BCUT2D eigenvalue weighted by molar-refractivity contribution is 4.83. The summed E-state index contributed by atoms with van der Waals surface area (Å²) < 4.78 is 5.30. The van der Waals surface area contributed by atoms with Crippen LogP contribution in [0.2, 0.25) is 0 Å². The van der Waals surface area contributed by atoms with Crippen molar-refractivity contribution in [2.24, 2.45) is 0 Å². The smallest absolute Gasteiger partial charge is 0.0893 e. The molecule has 0 aromatic heterocycles. The van der Waals surface area contributed by atoms with Gasteiger partial charge in [0.25, 0.3) is 0 Å². The Hall–Kier alpha value is -0.120. The number of ether oxygens (including phenoxy) is 1. The summed E-state index contributed by atoms with van der Waals surface area (Å²) >= 11 is 0. The minimum atomic E-state index is -0.520.